The summed E-state index contributed by atoms with van der Waals surface area (Å²) in [6.07, 6.45) is 0. The summed E-state index contributed by atoms with van der Waals surface area (Å²) < 4.78 is 5.01. The monoisotopic (exact) mass is 358 g/mol. The van der Waals surface area contributed by atoms with Crippen molar-refractivity contribution in [3.05, 3.63) is 28.8 Å². The molecule has 1 saturated heterocycles. The van der Waals surface area contributed by atoms with E-state index in [0.29, 0.717) is 22.9 Å². The molecule has 0 aliphatic carbocycles. The van der Waals surface area contributed by atoms with Crippen LogP contribution in [-0.4, -0.2) is 53.1 Å². The summed E-state index contributed by atoms with van der Waals surface area (Å²) in [5.74, 6) is -0.723. The quantitative estimate of drug-likeness (QED) is 0.791. The molecule has 1 atom stereocenters. The highest BCUT2D eigenvalue weighted by molar-refractivity contribution is 8.00. The number of hydrogen-bond donors (Lipinski definition) is 2. The standard InChI is InChI=1S/C14H15ClN2O5S/c1-22-10-3-2-8(4-9(10)15)13(14(20)21)16-11(18)5-17-7-23-6-12(17)19/h2-4,13H,5-7H2,1H3,(H,16,18)(H,20,21). The molecule has 1 aliphatic heterocycles. The fourth-order valence-electron chi connectivity index (χ4n) is 2.07. The van der Waals surface area contributed by atoms with E-state index in [9.17, 15) is 19.5 Å². The molecule has 0 saturated carbocycles. The number of methoxy groups -OCH3 is 1. The zero-order chi connectivity index (χ0) is 17.0. The first kappa shape index (κ1) is 17.4. The molecule has 2 N–H and O–H groups in total. The maximum atomic E-state index is 12.0. The predicted octanol–water partition coefficient (Wildman–Crippen LogP) is 1.12. The molecule has 1 unspecified atom stereocenters. The van der Waals surface area contributed by atoms with Gasteiger partial charge in [0.2, 0.25) is 11.8 Å². The van der Waals surface area contributed by atoms with Crippen LogP contribution in [0.25, 0.3) is 0 Å². The number of benzene rings is 1. The summed E-state index contributed by atoms with van der Waals surface area (Å²) in [5.41, 5.74) is 0.318. The highest BCUT2D eigenvalue weighted by Gasteiger charge is 2.27. The summed E-state index contributed by atoms with van der Waals surface area (Å²) in [7, 11) is 1.45. The second-order valence-electron chi connectivity index (χ2n) is 4.80. The van der Waals surface area contributed by atoms with E-state index in [1.165, 1.54) is 42.0 Å². The van der Waals surface area contributed by atoms with E-state index in [1.807, 2.05) is 0 Å². The SMILES string of the molecule is COc1ccc(C(NC(=O)CN2CSCC2=O)C(=O)O)cc1Cl. The Labute approximate surface area is 141 Å². The average Bonchev–Trinajstić information content (AvgIpc) is 2.89. The van der Waals surface area contributed by atoms with Crippen molar-refractivity contribution < 1.29 is 24.2 Å². The molecular weight excluding hydrogens is 344 g/mol. The van der Waals surface area contributed by atoms with Crippen molar-refractivity contribution >= 4 is 41.1 Å². The molecular formula is C14H15ClN2O5S. The van der Waals surface area contributed by atoms with Crippen molar-refractivity contribution in [2.45, 2.75) is 6.04 Å². The molecule has 7 nitrogen and oxygen atoms in total. The topological polar surface area (TPSA) is 95.9 Å². The third-order valence-electron chi connectivity index (χ3n) is 3.22. The van der Waals surface area contributed by atoms with Gasteiger partial charge < -0.3 is 20.1 Å². The second kappa shape index (κ2) is 7.56. The summed E-state index contributed by atoms with van der Waals surface area (Å²) in [6, 6.07) is 3.22. The molecule has 1 fully saturated rings. The molecule has 0 spiro atoms. The van der Waals surface area contributed by atoms with Gasteiger partial charge in [-0.15, -0.1) is 11.8 Å². The van der Waals surface area contributed by atoms with Gasteiger partial charge in [0.25, 0.3) is 0 Å². The van der Waals surface area contributed by atoms with Gasteiger partial charge in [-0.2, -0.15) is 0 Å². The van der Waals surface area contributed by atoms with E-state index < -0.39 is 17.9 Å². The van der Waals surface area contributed by atoms with Crippen LogP contribution in [0.5, 0.6) is 5.75 Å². The number of ether oxygens (including phenoxy) is 1. The summed E-state index contributed by atoms with van der Waals surface area (Å²) in [5, 5.41) is 12.0. The molecule has 1 aromatic rings. The zero-order valence-electron chi connectivity index (χ0n) is 12.2. The Morgan fingerprint density at radius 1 is 1.52 bits per heavy atom. The van der Waals surface area contributed by atoms with Gasteiger partial charge in [-0.3, -0.25) is 9.59 Å². The van der Waals surface area contributed by atoms with Crippen LogP contribution in [0.1, 0.15) is 11.6 Å². The Morgan fingerprint density at radius 2 is 2.26 bits per heavy atom. The number of rotatable bonds is 6. The van der Waals surface area contributed by atoms with Crippen molar-refractivity contribution in [3.8, 4) is 5.75 Å². The van der Waals surface area contributed by atoms with E-state index in [4.69, 9.17) is 16.3 Å². The number of thioether (sulfide) groups is 1. The van der Waals surface area contributed by atoms with Gasteiger partial charge in [0, 0.05) is 0 Å². The van der Waals surface area contributed by atoms with E-state index >= 15 is 0 Å². The summed E-state index contributed by atoms with van der Waals surface area (Å²) >= 11 is 7.39. The first-order valence-corrected chi connectivity index (χ1v) is 8.16. The number of carboxylic acid groups (broad SMARTS) is 1. The number of halogens is 1. The summed E-state index contributed by atoms with van der Waals surface area (Å²) in [4.78, 5) is 36.3. The number of nitrogens with one attached hydrogen (secondary N) is 1. The Kier molecular flexibility index (Phi) is 5.73. The van der Waals surface area contributed by atoms with Crippen LogP contribution in [0.15, 0.2) is 18.2 Å². The van der Waals surface area contributed by atoms with Gasteiger partial charge in [-0.05, 0) is 17.7 Å². The molecule has 0 aromatic heterocycles. The average molecular weight is 359 g/mol. The first-order valence-electron chi connectivity index (χ1n) is 6.63. The molecule has 2 amide bonds. The molecule has 0 radical (unpaired) electrons. The van der Waals surface area contributed by atoms with Crippen molar-refractivity contribution in [1.82, 2.24) is 10.2 Å². The van der Waals surface area contributed by atoms with Crippen molar-refractivity contribution in [2.24, 2.45) is 0 Å². The van der Waals surface area contributed by atoms with Crippen molar-refractivity contribution in [2.75, 3.05) is 25.3 Å². The minimum atomic E-state index is -1.25. The Morgan fingerprint density at radius 3 is 2.78 bits per heavy atom. The Balaban J connectivity index is 2.09. The van der Waals surface area contributed by atoms with E-state index in [2.05, 4.69) is 5.32 Å². The molecule has 2 rings (SSSR count). The third kappa shape index (κ3) is 4.29. The number of nitrogens with zero attached hydrogens (tertiary/aromatic N) is 1. The van der Waals surface area contributed by atoms with Gasteiger partial charge in [0.15, 0.2) is 6.04 Å². The van der Waals surface area contributed by atoms with Gasteiger partial charge in [0.05, 0.1) is 23.8 Å². The van der Waals surface area contributed by atoms with Gasteiger partial charge in [0.1, 0.15) is 12.3 Å². The lowest BCUT2D eigenvalue weighted by Gasteiger charge is -2.19. The van der Waals surface area contributed by atoms with Crippen molar-refractivity contribution in [3.63, 3.8) is 0 Å². The van der Waals surface area contributed by atoms with Crippen LogP contribution in [0.4, 0.5) is 0 Å². The molecule has 9 heteroatoms. The second-order valence-corrected chi connectivity index (χ2v) is 6.16. The van der Waals surface area contributed by atoms with Gasteiger partial charge in [-0.25, -0.2) is 4.79 Å². The van der Waals surface area contributed by atoms with E-state index in [0.717, 1.165) is 0 Å². The number of hydrogen-bond acceptors (Lipinski definition) is 5. The maximum absolute atomic E-state index is 12.0. The minimum Gasteiger partial charge on any atom is -0.495 e. The van der Waals surface area contributed by atoms with Crippen LogP contribution in [-0.2, 0) is 14.4 Å². The highest BCUT2D eigenvalue weighted by Crippen LogP contribution is 2.27. The molecule has 1 heterocycles. The third-order valence-corrected chi connectivity index (χ3v) is 4.46. The lowest BCUT2D eigenvalue weighted by atomic mass is 10.1. The van der Waals surface area contributed by atoms with E-state index in [1.54, 1.807) is 0 Å². The summed E-state index contributed by atoms with van der Waals surface area (Å²) in [6.45, 7) is -0.167. The van der Waals surface area contributed by atoms with Crippen LogP contribution >= 0.6 is 23.4 Å². The largest absolute Gasteiger partial charge is 0.495 e. The van der Waals surface area contributed by atoms with Crippen LogP contribution in [0, 0.1) is 0 Å². The Hall–Kier alpha value is -1.93. The highest BCUT2D eigenvalue weighted by atomic mass is 35.5. The molecule has 23 heavy (non-hydrogen) atoms. The minimum absolute atomic E-state index is 0.135. The molecule has 1 aliphatic rings. The number of carbonyl (C=O) groups is 3. The number of carboxylic acids is 1. The molecule has 124 valence electrons. The lowest BCUT2D eigenvalue weighted by Crippen LogP contribution is -2.41. The lowest BCUT2D eigenvalue weighted by molar-refractivity contribution is -0.142. The van der Waals surface area contributed by atoms with E-state index in [-0.39, 0.29) is 17.5 Å². The normalized spacial score (nSPS) is 15.4. The fraction of sp³-hybridized carbons (Fsp3) is 0.357. The number of carbonyl (C=O) groups excluding carboxylic acids is 2. The number of aliphatic carboxylic acids is 1. The number of amides is 2. The van der Waals surface area contributed by atoms with Crippen LogP contribution < -0.4 is 10.1 Å². The molecule has 1 aromatic carbocycles. The van der Waals surface area contributed by atoms with Crippen LogP contribution in [0.3, 0.4) is 0 Å². The zero-order valence-corrected chi connectivity index (χ0v) is 13.8. The van der Waals surface area contributed by atoms with Crippen molar-refractivity contribution in [1.29, 1.82) is 0 Å². The first-order chi connectivity index (χ1) is 10.9. The maximum Gasteiger partial charge on any atom is 0.330 e. The Bertz CT molecular complexity index is 640. The van der Waals surface area contributed by atoms with Crippen LogP contribution in [0.2, 0.25) is 5.02 Å². The smallest absolute Gasteiger partial charge is 0.330 e. The molecule has 0 bridgehead atoms. The van der Waals surface area contributed by atoms with Gasteiger partial charge >= 0.3 is 5.97 Å². The fourth-order valence-corrected chi connectivity index (χ4v) is 3.24. The predicted molar refractivity (Wildman–Crippen MR) is 85.6 cm³/mol. The van der Waals surface area contributed by atoms with Gasteiger partial charge in [-0.1, -0.05) is 17.7 Å².